The van der Waals surface area contributed by atoms with Crippen molar-refractivity contribution >= 4 is 5.82 Å². The third kappa shape index (κ3) is 4.50. The summed E-state index contributed by atoms with van der Waals surface area (Å²) in [4.78, 5) is 24.0. The minimum absolute atomic E-state index is 0.253. The van der Waals surface area contributed by atoms with E-state index in [1.54, 1.807) is 32.5 Å². The molecule has 0 atom stereocenters. The van der Waals surface area contributed by atoms with Crippen molar-refractivity contribution in [2.45, 2.75) is 31.5 Å². The van der Waals surface area contributed by atoms with Crippen LogP contribution in [-0.2, 0) is 19.8 Å². The molecule has 9 nitrogen and oxygen atoms in total. The van der Waals surface area contributed by atoms with E-state index >= 15 is 0 Å². The van der Waals surface area contributed by atoms with E-state index in [2.05, 4.69) is 24.8 Å². The lowest BCUT2D eigenvalue weighted by Gasteiger charge is -2.30. The topological polar surface area (TPSA) is 91.1 Å². The number of benzene rings is 1. The molecular formula is C26H24F3N7O2. The van der Waals surface area contributed by atoms with Gasteiger partial charge in [-0.05, 0) is 18.4 Å². The molecule has 4 aromatic rings. The fourth-order valence-electron chi connectivity index (χ4n) is 4.60. The van der Waals surface area contributed by atoms with Gasteiger partial charge < -0.3 is 18.9 Å². The van der Waals surface area contributed by atoms with Crippen LogP contribution in [0.5, 0.6) is 11.6 Å². The van der Waals surface area contributed by atoms with Crippen LogP contribution >= 0.6 is 0 Å². The number of hydrogen-bond donors (Lipinski definition) is 0. The number of hydrogen-bond acceptors (Lipinski definition) is 8. The van der Waals surface area contributed by atoms with Gasteiger partial charge in [0.2, 0.25) is 5.88 Å². The van der Waals surface area contributed by atoms with Crippen LogP contribution in [0.2, 0.25) is 0 Å². The molecule has 1 aromatic carbocycles. The molecule has 2 aliphatic rings. The molecule has 196 valence electrons. The summed E-state index contributed by atoms with van der Waals surface area (Å²) in [6.07, 6.45) is 1.78. The number of ether oxygens (including phenoxy) is 2. The maximum atomic E-state index is 13.1. The van der Waals surface area contributed by atoms with Gasteiger partial charge in [-0.3, -0.25) is 0 Å². The van der Waals surface area contributed by atoms with Gasteiger partial charge in [0.25, 0.3) is 0 Å². The monoisotopic (exact) mass is 523 g/mol. The van der Waals surface area contributed by atoms with E-state index < -0.39 is 11.9 Å². The Hall–Kier alpha value is -4.22. The Bertz CT molecular complexity index is 1480. The number of imidazole rings is 1. The number of alkyl halides is 3. The van der Waals surface area contributed by atoms with Crippen LogP contribution in [-0.4, -0.2) is 49.7 Å². The zero-order valence-corrected chi connectivity index (χ0v) is 20.7. The molecule has 3 aromatic heterocycles. The fourth-order valence-corrected chi connectivity index (χ4v) is 4.60. The Morgan fingerprint density at radius 2 is 1.87 bits per heavy atom. The zero-order valence-electron chi connectivity index (χ0n) is 20.7. The van der Waals surface area contributed by atoms with Crippen LogP contribution in [0.3, 0.4) is 0 Å². The summed E-state index contributed by atoms with van der Waals surface area (Å²) in [6.45, 7) is 1.61. The number of aromatic nitrogens is 6. The van der Waals surface area contributed by atoms with Gasteiger partial charge in [0.05, 0.1) is 25.5 Å². The van der Waals surface area contributed by atoms with E-state index in [0.29, 0.717) is 60.0 Å². The van der Waals surface area contributed by atoms with Crippen LogP contribution in [0, 0.1) is 0 Å². The molecule has 38 heavy (non-hydrogen) atoms. The van der Waals surface area contributed by atoms with Crippen LogP contribution < -0.4 is 14.4 Å². The van der Waals surface area contributed by atoms with Gasteiger partial charge >= 0.3 is 6.18 Å². The van der Waals surface area contributed by atoms with Gasteiger partial charge in [-0.2, -0.15) is 13.2 Å². The second-order valence-corrected chi connectivity index (χ2v) is 9.32. The molecule has 1 fully saturated rings. The highest BCUT2D eigenvalue weighted by Crippen LogP contribution is 2.45. The summed E-state index contributed by atoms with van der Waals surface area (Å²) in [5, 5.41) is 0. The number of aryl methyl sites for hydroxylation is 1. The van der Waals surface area contributed by atoms with E-state index in [1.165, 1.54) is 10.9 Å². The number of rotatable bonds is 6. The number of fused-ring (bicyclic) bond motifs is 1. The lowest BCUT2D eigenvalue weighted by Crippen LogP contribution is -2.33. The van der Waals surface area contributed by atoms with Crippen LogP contribution in [0.15, 0.2) is 43.0 Å². The molecular weight excluding hydrogens is 499 g/mol. The molecule has 1 aliphatic carbocycles. The maximum absolute atomic E-state index is 13.1. The second kappa shape index (κ2) is 9.26. The predicted molar refractivity (Wildman–Crippen MR) is 132 cm³/mol. The van der Waals surface area contributed by atoms with Crippen molar-refractivity contribution in [2.24, 2.45) is 7.05 Å². The Labute approximate surface area is 216 Å². The summed E-state index contributed by atoms with van der Waals surface area (Å²) in [5.41, 5.74) is 2.24. The van der Waals surface area contributed by atoms with E-state index in [1.807, 2.05) is 12.1 Å². The van der Waals surface area contributed by atoms with Crippen molar-refractivity contribution < 1.29 is 22.6 Å². The summed E-state index contributed by atoms with van der Waals surface area (Å²) in [6, 6.07) is 7.32. The van der Waals surface area contributed by atoms with Crippen molar-refractivity contribution in [1.82, 2.24) is 29.5 Å². The van der Waals surface area contributed by atoms with Crippen LogP contribution in [0.25, 0.3) is 22.8 Å². The molecule has 1 saturated carbocycles. The normalized spacial score (nSPS) is 15.2. The van der Waals surface area contributed by atoms with Crippen LogP contribution in [0.1, 0.15) is 35.7 Å². The molecule has 4 heterocycles. The van der Waals surface area contributed by atoms with Gasteiger partial charge in [-0.25, -0.2) is 24.9 Å². The summed E-state index contributed by atoms with van der Waals surface area (Å²) >= 11 is 0. The van der Waals surface area contributed by atoms with E-state index in [4.69, 9.17) is 14.5 Å². The first-order chi connectivity index (χ1) is 18.3. The van der Waals surface area contributed by atoms with Crippen molar-refractivity contribution in [2.75, 3.05) is 25.2 Å². The van der Waals surface area contributed by atoms with Gasteiger partial charge in [0, 0.05) is 31.3 Å². The summed E-state index contributed by atoms with van der Waals surface area (Å²) in [5.74, 6) is 2.74. The molecule has 12 heteroatoms. The number of halogens is 3. The number of methoxy groups -OCH3 is 1. The first-order valence-corrected chi connectivity index (χ1v) is 12.2. The first kappa shape index (κ1) is 24.1. The summed E-state index contributed by atoms with van der Waals surface area (Å²) < 4.78 is 51.9. The highest BCUT2D eigenvalue weighted by atomic mass is 19.4. The quantitative estimate of drug-likeness (QED) is 0.361. The van der Waals surface area contributed by atoms with Gasteiger partial charge in [0.15, 0.2) is 23.1 Å². The third-order valence-corrected chi connectivity index (χ3v) is 6.63. The minimum atomic E-state index is -4.49. The molecule has 0 unspecified atom stereocenters. The summed E-state index contributed by atoms with van der Waals surface area (Å²) in [7, 11) is 3.11. The Morgan fingerprint density at radius 3 is 2.55 bits per heavy atom. The highest BCUT2D eigenvalue weighted by molar-refractivity contribution is 5.69. The van der Waals surface area contributed by atoms with Crippen LogP contribution in [0.4, 0.5) is 19.0 Å². The Kier molecular flexibility index (Phi) is 5.88. The molecule has 0 N–H and O–H groups in total. The predicted octanol–water partition coefficient (Wildman–Crippen LogP) is 4.64. The largest absolute Gasteiger partial charge is 0.486 e. The van der Waals surface area contributed by atoms with E-state index in [0.717, 1.165) is 30.3 Å². The van der Waals surface area contributed by atoms with Gasteiger partial charge in [-0.15, -0.1) is 0 Å². The molecule has 0 amide bonds. The molecule has 0 radical (unpaired) electrons. The first-order valence-electron chi connectivity index (χ1n) is 12.2. The SMILES string of the molecule is COc1ncnc(C2CC2)c1-c1ncc2c(n1)N(Cc1ccc(-c3nc(C(F)(F)F)cn3C)cc1)CCO2. The highest BCUT2D eigenvalue weighted by Gasteiger charge is 2.35. The van der Waals surface area contributed by atoms with E-state index in [9.17, 15) is 13.2 Å². The molecule has 0 saturated heterocycles. The van der Waals surface area contributed by atoms with Gasteiger partial charge in [0.1, 0.15) is 24.3 Å². The molecule has 1 aliphatic heterocycles. The zero-order chi connectivity index (χ0) is 26.4. The van der Waals surface area contributed by atoms with Crippen molar-refractivity contribution in [1.29, 1.82) is 0 Å². The van der Waals surface area contributed by atoms with E-state index in [-0.39, 0.29) is 5.82 Å². The molecule has 6 rings (SSSR count). The van der Waals surface area contributed by atoms with Crippen molar-refractivity contribution in [3.8, 4) is 34.4 Å². The minimum Gasteiger partial charge on any atom is -0.486 e. The Morgan fingerprint density at radius 1 is 1.08 bits per heavy atom. The van der Waals surface area contributed by atoms with Crippen molar-refractivity contribution in [3.63, 3.8) is 0 Å². The Balaban J connectivity index is 1.28. The van der Waals surface area contributed by atoms with Crippen molar-refractivity contribution in [3.05, 3.63) is 59.9 Å². The lowest BCUT2D eigenvalue weighted by molar-refractivity contribution is -0.140. The average molecular weight is 524 g/mol. The van der Waals surface area contributed by atoms with Gasteiger partial charge in [-0.1, -0.05) is 24.3 Å². The third-order valence-electron chi connectivity index (χ3n) is 6.63. The standard InChI is InChI=1S/C26H24F3N7O2/c1-35-13-19(26(27,28)29)33-23(35)17-5-3-15(4-6-17)12-36-9-10-38-18-11-30-22(34-24(18)36)20-21(16-7-8-16)31-14-32-25(20)37-2/h3-6,11,13-14,16H,7-10,12H2,1-2H3. The fraction of sp³-hybridized carbons (Fsp3) is 0.346. The molecule has 0 bridgehead atoms. The molecule has 0 spiro atoms. The average Bonchev–Trinajstić information content (AvgIpc) is 3.69. The lowest BCUT2D eigenvalue weighted by atomic mass is 10.1. The number of anilines is 1. The maximum Gasteiger partial charge on any atom is 0.434 e. The second-order valence-electron chi connectivity index (χ2n) is 9.32. The smallest absolute Gasteiger partial charge is 0.434 e. The number of nitrogens with zero attached hydrogens (tertiary/aromatic N) is 7.